The van der Waals surface area contributed by atoms with Crippen LogP contribution < -0.4 is 0 Å². The first-order valence-corrected chi connectivity index (χ1v) is 4.98. The van der Waals surface area contributed by atoms with E-state index in [0.29, 0.717) is 5.41 Å². The average molecular weight is 181 g/mol. The zero-order valence-electron chi connectivity index (χ0n) is 7.09. The van der Waals surface area contributed by atoms with Crippen molar-refractivity contribution in [2.45, 2.75) is 19.3 Å². The molecule has 2 rings (SSSR count). The molecule has 0 spiro atoms. The smallest absolute Gasteiger partial charge is 0.0283 e. The molecular weight excluding hydrogens is 168 g/mol. The molecule has 1 aliphatic rings. The molecule has 0 bridgehead atoms. The Labute approximate surface area is 78.6 Å². The van der Waals surface area contributed by atoms with E-state index < -0.39 is 0 Å². The summed E-state index contributed by atoms with van der Waals surface area (Å²) in [5.74, 6) is 0.821. The Balaban J connectivity index is 2.04. The van der Waals surface area contributed by atoms with Crippen LogP contribution in [0.1, 0.15) is 18.4 Å². The Hall–Kier alpha value is -0.490. The van der Waals surface area contributed by atoms with Crippen molar-refractivity contribution in [2.24, 2.45) is 5.41 Å². The Morgan fingerprint density at radius 2 is 1.83 bits per heavy atom. The lowest BCUT2D eigenvalue weighted by molar-refractivity contribution is 0.578. The third kappa shape index (κ3) is 1.64. The van der Waals surface area contributed by atoms with Gasteiger partial charge >= 0.3 is 0 Å². The number of hydrogen-bond donors (Lipinski definition) is 0. The first kappa shape index (κ1) is 8.12. The number of hydrogen-bond acceptors (Lipinski definition) is 0. The fraction of sp³-hybridized carbons (Fsp3) is 0.455. The van der Waals surface area contributed by atoms with Crippen LogP contribution in [0.15, 0.2) is 30.3 Å². The van der Waals surface area contributed by atoms with Gasteiger partial charge < -0.3 is 0 Å². The van der Waals surface area contributed by atoms with Crippen molar-refractivity contribution in [2.75, 3.05) is 5.88 Å². The van der Waals surface area contributed by atoms with Gasteiger partial charge in [-0.1, -0.05) is 30.3 Å². The standard InChI is InChI=1S/C11H13Cl/c12-9-11(6-7-11)8-10-4-2-1-3-5-10/h1-5H,6-9H2. The van der Waals surface area contributed by atoms with Crippen LogP contribution in [-0.4, -0.2) is 5.88 Å². The second kappa shape index (κ2) is 3.10. The topological polar surface area (TPSA) is 0 Å². The highest BCUT2D eigenvalue weighted by Crippen LogP contribution is 2.49. The Morgan fingerprint density at radius 3 is 2.33 bits per heavy atom. The summed E-state index contributed by atoms with van der Waals surface area (Å²) in [4.78, 5) is 0. The molecule has 64 valence electrons. The molecular formula is C11H13Cl. The average Bonchev–Trinajstić information content (AvgIpc) is 2.88. The highest BCUT2D eigenvalue weighted by molar-refractivity contribution is 6.18. The maximum atomic E-state index is 5.91. The zero-order chi connectivity index (χ0) is 8.44. The zero-order valence-corrected chi connectivity index (χ0v) is 7.85. The van der Waals surface area contributed by atoms with Crippen LogP contribution in [0.4, 0.5) is 0 Å². The van der Waals surface area contributed by atoms with Gasteiger partial charge in [-0.15, -0.1) is 11.6 Å². The van der Waals surface area contributed by atoms with Crippen molar-refractivity contribution in [1.29, 1.82) is 0 Å². The molecule has 0 N–H and O–H groups in total. The second-order valence-electron chi connectivity index (χ2n) is 3.80. The van der Waals surface area contributed by atoms with Gasteiger partial charge in [0, 0.05) is 5.88 Å². The van der Waals surface area contributed by atoms with Gasteiger partial charge in [-0.2, -0.15) is 0 Å². The minimum Gasteiger partial charge on any atom is -0.126 e. The number of rotatable bonds is 3. The molecule has 0 atom stereocenters. The van der Waals surface area contributed by atoms with Gasteiger partial charge in [-0.3, -0.25) is 0 Å². The maximum Gasteiger partial charge on any atom is 0.0283 e. The van der Waals surface area contributed by atoms with E-state index in [1.165, 1.54) is 18.4 Å². The van der Waals surface area contributed by atoms with Crippen molar-refractivity contribution in [3.8, 4) is 0 Å². The fourth-order valence-electron chi connectivity index (χ4n) is 1.56. The molecule has 1 aromatic rings. The lowest BCUT2D eigenvalue weighted by atomic mass is 9.99. The molecule has 0 nitrogen and oxygen atoms in total. The highest BCUT2D eigenvalue weighted by Gasteiger charge is 2.41. The molecule has 1 fully saturated rings. The molecule has 0 saturated heterocycles. The predicted octanol–water partition coefficient (Wildman–Crippen LogP) is 3.25. The predicted molar refractivity (Wildman–Crippen MR) is 52.5 cm³/mol. The van der Waals surface area contributed by atoms with Crippen LogP contribution in [-0.2, 0) is 6.42 Å². The van der Waals surface area contributed by atoms with E-state index in [1.807, 2.05) is 0 Å². The van der Waals surface area contributed by atoms with E-state index in [1.54, 1.807) is 0 Å². The monoisotopic (exact) mass is 180 g/mol. The molecule has 0 aliphatic heterocycles. The lowest BCUT2D eigenvalue weighted by Crippen LogP contribution is -2.06. The van der Waals surface area contributed by atoms with E-state index in [9.17, 15) is 0 Å². The first-order valence-electron chi connectivity index (χ1n) is 4.45. The third-order valence-corrected chi connectivity index (χ3v) is 3.23. The Morgan fingerprint density at radius 1 is 1.17 bits per heavy atom. The van der Waals surface area contributed by atoms with Crippen LogP contribution in [0, 0.1) is 5.41 Å². The molecule has 12 heavy (non-hydrogen) atoms. The van der Waals surface area contributed by atoms with Crippen molar-refractivity contribution < 1.29 is 0 Å². The molecule has 0 aromatic heterocycles. The van der Waals surface area contributed by atoms with Gasteiger partial charge in [0.15, 0.2) is 0 Å². The van der Waals surface area contributed by atoms with Crippen LogP contribution in [0.25, 0.3) is 0 Å². The van der Waals surface area contributed by atoms with Gasteiger partial charge in [-0.25, -0.2) is 0 Å². The van der Waals surface area contributed by atoms with Gasteiger partial charge in [0.2, 0.25) is 0 Å². The van der Waals surface area contributed by atoms with E-state index in [2.05, 4.69) is 30.3 Å². The summed E-state index contributed by atoms with van der Waals surface area (Å²) in [5, 5.41) is 0. The summed E-state index contributed by atoms with van der Waals surface area (Å²) >= 11 is 5.91. The summed E-state index contributed by atoms with van der Waals surface area (Å²) < 4.78 is 0. The van der Waals surface area contributed by atoms with Crippen LogP contribution in [0.5, 0.6) is 0 Å². The van der Waals surface area contributed by atoms with Crippen LogP contribution in [0.3, 0.4) is 0 Å². The summed E-state index contributed by atoms with van der Waals surface area (Å²) in [6, 6.07) is 10.6. The molecule has 0 unspecified atom stereocenters. The van der Waals surface area contributed by atoms with Gasteiger partial charge in [0.1, 0.15) is 0 Å². The van der Waals surface area contributed by atoms with Crippen LogP contribution in [0.2, 0.25) is 0 Å². The van der Waals surface area contributed by atoms with Gasteiger partial charge in [0.05, 0.1) is 0 Å². The molecule has 1 saturated carbocycles. The van der Waals surface area contributed by atoms with E-state index in [0.717, 1.165) is 12.3 Å². The van der Waals surface area contributed by atoms with Crippen molar-refractivity contribution >= 4 is 11.6 Å². The Kier molecular flexibility index (Phi) is 2.10. The van der Waals surface area contributed by atoms with Crippen molar-refractivity contribution in [1.82, 2.24) is 0 Å². The Bertz CT molecular complexity index is 249. The number of halogens is 1. The van der Waals surface area contributed by atoms with Gasteiger partial charge in [-0.05, 0) is 30.2 Å². The molecule has 0 heterocycles. The van der Waals surface area contributed by atoms with Gasteiger partial charge in [0.25, 0.3) is 0 Å². The fourth-order valence-corrected chi connectivity index (χ4v) is 1.93. The highest BCUT2D eigenvalue weighted by atomic mass is 35.5. The quantitative estimate of drug-likeness (QED) is 0.627. The molecule has 1 aliphatic carbocycles. The number of benzene rings is 1. The van der Waals surface area contributed by atoms with Crippen LogP contribution >= 0.6 is 11.6 Å². The molecule has 1 aromatic carbocycles. The van der Waals surface area contributed by atoms with E-state index in [4.69, 9.17) is 11.6 Å². The lowest BCUT2D eigenvalue weighted by Gasteiger charge is -2.09. The van der Waals surface area contributed by atoms with Crippen molar-refractivity contribution in [3.05, 3.63) is 35.9 Å². The molecule has 1 heteroatoms. The molecule has 0 radical (unpaired) electrons. The maximum absolute atomic E-state index is 5.91. The second-order valence-corrected chi connectivity index (χ2v) is 4.06. The minimum atomic E-state index is 0.461. The minimum absolute atomic E-state index is 0.461. The van der Waals surface area contributed by atoms with E-state index in [-0.39, 0.29) is 0 Å². The summed E-state index contributed by atoms with van der Waals surface area (Å²) in [6.07, 6.45) is 3.79. The SMILES string of the molecule is ClCC1(Cc2ccccc2)CC1. The largest absolute Gasteiger partial charge is 0.126 e. The normalized spacial score (nSPS) is 19.1. The summed E-state index contributed by atoms with van der Waals surface area (Å²) in [5.41, 5.74) is 1.89. The number of alkyl halides is 1. The summed E-state index contributed by atoms with van der Waals surface area (Å²) in [6.45, 7) is 0. The summed E-state index contributed by atoms with van der Waals surface area (Å²) in [7, 11) is 0. The first-order chi connectivity index (χ1) is 5.85. The third-order valence-electron chi connectivity index (χ3n) is 2.66. The van der Waals surface area contributed by atoms with Crippen molar-refractivity contribution in [3.63, 3.8) is 0 Å². The van der Waals surface area contributed by atoms with E-state index >= 15 is 0 Å². The molecule has 0 amide bonds.